The normalized spacial score (nSPS) is 12.2. The van der Waals surface area contributed by atoms with E-state index in [-0.39, 0.29) is 11.7 Å². The number of carbonyl (C=O) groups is 1. The zero-order valence-corrected chi connectivity index (χ0v) is 12.6. The summed E-state index contributed by atoms with van der Waals surface area (Å²) < 4.78 is 0.612. The van der Waals surface area contributed by atoms with Gasteiger partial charge in [-0.1, -0.05) is 6.07 Å². The van der Waals surface area contributed by atoms with Gasteiger partial charge in [-0.2, -0.15) is 11.8 Å². The summed E-state index contributed by atoms with van der Waals surface area (Å²) in [5.41, 5.74) is 6.65. The van der Waals surface area contributed by atoms with Gasteiger partial charge >= 0.3 is 0 Å². The van der Waals surface area contributed by atoms with Crippen LogP contribution < -0.4 is 11.1 Å². The van der Waals surface area contributed by atoms with Gasteiger partial charge in [0.2, 0.25) is 5.91 Å². The molecule has 4 nitrogen and oxygen atoms in total. The molecule has 100 valence electrons. The number of nitrogens with two attached hydrogens (primary N) is 1. The predicted octanol–water partition coefficient (Wildman–Crippen LogP) is 1.85. The Bertz CT molecular complexity index is 415. The van der Waals surface area contributed by atoms with Crippen LogP contribution in [0, 0.1) is 0 Å². The largest absolute Gasteiger partial charge is 0.507 e. The Morgan fingerprint density at radius 2 is 2.33 bits per heavy atom. The van der Waals surface area contributed by atoms with Gasteiger partial charge in [0.25, 0.3) is 0 Å². The van der Waals surface area contributed by atoms with Crippen molar-refractivity contribution >= 4 is 33.6 Å². The molecule has 0 aliphatic carbocycles. The summed E-state index contributed by atoms with van der Waals surface area (Å²) in [5.74, 6) is 0.911. The van der Waals surface area contributed by atoms with Gasteiger partial charge in [0, 0.05) is 6.54 Å². The van der Waals surface area contributed by atoms with E-state index in [0.29, 0.717) is 17.4 Å². The topological polar surface area (TPSA) is 75.4 Å². The fourth-order valence-corrected chi connectivity index (χ4v) is 2.27. The van der Waals surface area contributed by atoms with Crippen LogP contribution >= 0.6 is 27.7 Å². The van der Waals surface area contributed by atoms with E-state index in [0.717, 1.165) is 11.3 Å². The zero-order chi connectivity index (χ0) is 13.5. The van der Waals surface area contributed by atoms with Crippen LogP contribution in [0.25, 0.3) is 0 Å². The first-order chi connectivity index (χ1) is 8.54. The van der Waals surface area contributed by atoms with Crippen LogP contribution in [0.2, 0.25) is 0 Å². The number of carbonyl (C=O) groups excluding carboxylic acids is 1. The van der Waals surface area contributed by atoms with Crippen LogP contribution in [0.1, 0.15) is 12.0 Å². The van der Waals surface area contributed by atoms with Gasteiger partial charge in [0.1, 0.15) is 5.75 Å². The SMILES string of the molecule is CSCCC(N)C(=O)NCc1ccc(O)c(Br)c1. The second kappa shape index (κ2) is 7.66. The lowest BCUT2D eigenvalue weighted by molar-refractivity contribution is -0.122. The van der Waals surface area contributed by atoms with Gasteiger partial charge in [-0.3, -0.25) is 4.79 Å². The second-order valence-corrected chi connectivity index (χ2v) is 5.73. The molecule has 1 rings (SSSR count). The van der Waals surface area contributed by atoms with Gasteiger partial charge in [0.15, 0.2) is 0 Å². The number of phenolic OH excluding ortho intramolecular Hbond substituents is 1. The molecule has 1 aromatic carbocycles. The molecule has 0 aliphatic rings. The Morgan fingerprint density at radius 1 is 1.61 bits per heavy atom. The van der Waals surface area contributed by atoms with Gasteiger partial charge in [0.05, 0.1) is 10.5 Å². The zero-order valence-electron chi connectivity index (χ0n) is 10.1. The molecular formula is C12H17BrN2O2S. The van der Waals surface area contributed by atoms with Crippen LogP contribution in [-0.2, 0) is 11.3 Å². The molecule has 18 heavy (non-hydrogen) atoms. The molecule has 0 bridgehead atoms. The van der Waals surface area contributed by atoms with Crippen LogP contribution in [0.15, 0.2) is 22.7 Å². The molecule has 0 fully saturated rings. The van der Waals surface area contributed by atoms with Crippen molar-refractivity contribution in [2.45, 2.75) is 19.0 Å². The molecular weight excluding hydrogens is 316 g/mol. The van der Waals surface area contributed by atoms with Crippen LogP contribution in [0.4, 0.5) is 0 Å². The highest BCUT2D eigenvalue weighted by Gasteiger charge is 2.12. The van der Waals surface area contributed by atoms with Crippen molar-refractivity contribution in [1.29, 1.82) is 0 Å². The number of hydrogen-bond acceptors (Lipinski definition) is 4. The van der Waals surface area contributed by atoms with E-state index >= 15 is 0 Å². The Kier molecular flexibility index (Phi) is 6.52. The Hall–Kier alpha value is -0.720. The molecule has 0 aliphatic heterocycles. The average Bonchev–Trinajstić information content (AvgIpc) is 2.36. The van der Waals surface area contributed by atoms with E-state index in [9.17, 15) is 9.90 Å². The lowest BCUT2D eigenvalue weighted by Gasteiger charge is -2.12. The number of halogens is 1. The van der Waals surface area contributed by atoms with Gasteiger partial charge in [-0.05, 0) is 52.1 Å². The fourth-order valence-electron chi connectivity index (χ4n) is 1.36. The Labute approximate surface area is 119 Å². The predicted molar refractivity (Wildman–Crippen MR) is 78.6 cm³/mol. The monoisotopic (exact) mass is 332 g/mol. The Balaban J connectivity index is 2.44. The van der Waals surface area contributed by atoms with E-state index in [1.54, 1.807) is 30.0 Å². The molecule has 1 amide bonds. The number of thioether (sulfide) groups is 1. The van der Waals surface area contributed by atoms with Crippen LogP contribution in [0.5, 0.6) is 5.75 Å². The Morgan fingerprint density at radius 3 is 2.94 bits per heavy atom. The molecule has 0 saturated heterocycles. The molecule has 0 heterocycles. The van der Waals surface area contributed by atoms with Gasteiger partial charge in [-0.15, -0.1) is 0 Å². The van der Waals surface area contributed by atoms with Crippen LogP contribution in [0.3, 0.4) is 0 Å². The number of rotatable bonds is 6. The lowest BCUT2D eigenvalue weighted by Crippen LogP contribution is -2.40. The van der Waals surface area contributed by atoms with Crippen molar-refractivity contribution in [3.63, 3.8) is 0 Å². The molecule has 0 aromatic heterocycles. The highest BCUT2D eigenvalue weighted by Crippen LogP contribution is 2.24. The highest BCUT2D eigenvalue weighted by molar-refractivity contribution is 9.10. The van der Waals surface area contributed by atoms with E-state index in [1.165, 1.54) is 0 Å². The highest BCUT2D eigenvalue weighted by atomic mass is 79.9. The summed E-state index contributed by atoms with van der Waals surface area (Å²) in [6.07, 6.45) is 2.66. The third kappa shape index (κ3) is 4.88. The number of benzene rings is 1. The van der Waals surface area contributed by atoms with Crippen molar-refractivity contribution in [2.75, 3.05) is 12.0 Å². The van der Waals surface area contributed by atoms with Gasteiger partial charge in [-0.25, -0.2) is 0 Å². The first kappa shape index (κ1) is 15.3. The second-order valence-electron chi connectivity index (χ2n) is 3.89. The summed E-state index contributed by atoms with van der Waals surface area (Å²) in [5, 5.41) is 12.1. The summed E-state index contributed by atoms with van der Waals surface area (Å²) in [4.78, 5) is 11.7. The molecule has 6 heteroatoms. The average molecular weight is 333 g/mol. The van der Waals surface area contributed by atoms with Crippen molar-refractivity contribution in [1.82, 2.24) is 5.32 Å². The first-order valence-corrected chi connectivity index (χ1v) is 7.73. The molecule has 0 radical (unpaired) electrons. The standard InChI is InChI=1S/C12H17BrN2O2S/c1-18-5-4-10(14)12(17)15-7-8-2-3-11(16)9(13)6-8/h2-3,6,10,16H,4-5,7,14H2,1H3,(H,15,17). The van der Waals surface area contributed by atoms with E-state index in [4.69, 9.17) is 5.73 Å². The van der Waals surface area contributed by atoms with Crippen molar-refractivity contribution < 1.29 is 9.90 Å². The smallest absolute Gasteiger partial charge is 0.237 e. The maximum absolute atomic E-state index is 11.7. The number of phenols is 1. The first-order valence-electron chi connectivity index (χ1n) is 5.54. The van der Waals surface area contributed by atoms with Crippen molar-refractivity contribution in [3.05, 3.63) is 28.2 Å². The summed E-state index contributed by atoms with van der Waals surface area (Å²) in [6.45, 7) is 0.407. The number of amides is 1. The molecule has 4 N–H and O–H groups in total. The van der Waals surface area contributed by atoms with Crippen LogP contribution in [-0.4, -0.2) is 29.1 Å². The van der Waals surface area contributed by atoms with E-state index < -0.39 is 6.04 Å². The molecule has 0 saturated carbocycles. The maximum atomic E-state index is 11.7. The van der Waals surface area contributed by atoms with Crippen molar-refractivity contribution in [2.24, 2.45) is 5.73 Å². The minimum Gasteiger partial charge on any atom is -0.507 e. The molecule has 1 atom stereocenters. The summed E-state index contributed by atoms with van der Waals surface area (Å²) in [6, 6.07) is 4.65. The number of hydrogen-bond donors (Lipinski definition) is 3. The fraction of sp³-hybridized carbons (Fsp3) is 0.417. The molecule has 0 spiro atoms. The third-order valence-corrected chi connectivity index (χ3v) is 3.73. The van der Waals surface area contributed by atoms with E-state index in [2.05, 4.69) is 21.2 Å². The minimum atomic E-state index is -0.460. The third-order valence-electron chi connectivity index (χ3n) is 2.45. The van der Waals surface area contributed by atoms with Gasteiger partial charge < -0.3 is 16.2 Å². The van der Waals surface area contributed by atoms with Crippen molar-refractivity contribution in [3.8, 4) is 5.75 Å². The lowest BCUT2D eigenvalue weighted by atomic mass is 10.2. The quantitative estimate of drug-likeness (QED) is 0.743. The number of aromatic hydroxyl groups is 1. The minimum absolute atomic E-state index is 0.145. The molecule has 1 unspecified atom stereocenters. The number of nitrogens with one attached hydrogen (secondary N) is 1. The summed E-state index contributed by atoms with van der Waals surface area (Å²) >= 11 is 4.90. The molecule has 1 aromatic rings. The summed E-state index contributed by atoms with van der Waals surface area (Å²) in [7, 11) is 0. The van der Waals surface area contributed by atoms with E-state index in [1.807, 2.05) is 6.26 Å². The maximum Gasteiger partial charge on any atom is 0.237 e.